The average Bonchev–Trinajstić information content (AvgIpc) is 1.58. The largest absolute Gasteiger partial charge is 0.344 e. The van der Waals surface area contributed by atoms with Crippen LogP contribution < -0.4 is 0 Å². The van der Waals surface area contributed by atoms with E-state index in [1.165, 1.54) is 153 Å². The van der Waals surface area contributed by atoms with E-state index in [-0.39, 0.29) is 0 Å². The summed E-state index contributed by atoms with van der Waals surface area (Å²) in [6.45, 7) is 12.0. The maximum atomic E-state index is 9.78. The number of aromatic nitrogens is 8. The van der Waals surface area contributed by atoms with E-state index in [2.05, 4.69) is 399 Å². The van der Waals surface area contributed by atoms with Crippen molar-refractivity contribution in [3.63, 3.8) is 0 Å². The molecule has 24 rings (SSSR count). The molecule has 24 aromatic rings. The third-order valence-corrected chi connectivity index (χ3v) is 23.9. The van der Waals surface area contributed by atoms with Crippen LogP contribution in [0.2, 0.25) is 0 Å². The number of benzene rings is 16. The highest BCUT2D eigenvalue weighted by molar-refractivity contribution is 6.19. The molecule has 0 spiro atoms. The molecule has 0 N–H and O–H groups in total. The summed E-state index contributed by atoms with van der Waals surface area (Å²) in [5.41, 5.74) is 27.8. The van der Waals surface area contributed by atoms with Crippen molar-refractivity contribution in [3.05, 3.63) is 368 Å². The van der Waals surface area contributed by atoms with E-state index in [4.69, 9.17) is 6.57 Å². The fraction of sp³-hybridized carbons (Fsp3) is 0.0577. The van der Waals surface area contributed by atoms with Crippen LogP contribution >= 0.6 is 0 Å². The van der Waals surface area contributed by atoms with Gasteiger partial charge in [0.25, 0.3) is 0 Å². The van der Waals surface area contributed by atoms with Gasteiger partial charge in [0.2, 0.25) is 0 Å². The molecular formula is C104H74N10. The second-order valence-corrected chi connectivity index (χ2v) is 30.2. The van der Waals surface area contributed by atoms with Crippen LogP contribution in [0.15, 0.2) is 340 Å². The van der Waals surface area contributed by atoms with Crippen molar-refractivity contribution >= 4 is 180 Å². The van der Waals surface area contributed by atoms with Crippen LogP contribution in [0.4, 0.5) is 5.69 Å². The van der Waals surface area contributed by atoms with Crippen LogP contribution in [0.1, 0.15) is 16.7 Å². The zero-order chi connectivity index (χ0) is 76.7. The molecule has 0 unspecified atom stereocenters. The molecule has 0 fully saturated rings. The third-order valence-electron chi connectivity index (χ3n) is 23.9. The smallest absolute Gasteiger partial charge is 0.197 e. The Morgan fingerprint density at radius 3 is 0.965 bits per heavy atom. The molecule has 16 aromatic carbocycles. The highest BCUT2D eigenvalue weighted by Crippen LogP contribution is 2.43. The Kier molecular flexibility index (Phi) is 15.5. The topological polar surface area (TPSA) is 67.6 Å². The molecular weight excluding hydrogens is 1390 g/mol. The molecule has 0 aliphatic carbocycles. The van der Waals surface area contributed by atoms with E-state index >= 15 is 0 Å². The zero-order valence-electron chi connectivity index (χ0n) is 63.8. The number of para-hydroxylation sites is 9. The van der Waals surface area contributed by atoms with Gasteiger partial charge in [-0.3, -0.25) is 0 Å². The highest BCUT2D eigenvalue weighted by Gasteiger charge is 2.22. The molecule has 540 valence electrons. The van der Waals surface area contributed by atoms with Crippen LogP contribution in [0.25, 0.3) is 202 Å². The van der Waals surface area contributed by atoms with Gasteiger partial charge in [-0.15, -0.1) is 0 Å². The fourth-order valence-corrected chi connectivity index (χ4v) is 18.7. The molecule has 10 nitrogen and oxygen atoms in total. The molecule has 0 aliphatic heterocycles. The van der Waals surface area contributed by atoms with E-state index in [0.29, 0.717) is 11.3 Å². The van der Waals surface area contributed by atoms with Gasteiger partial charge in [-0.25, -0.2) is 4.85 Å². The molecule has 0 saturated heterocycles. The van der Waals surface area contributed by atoms with Gasteiger partial charge in [-0.05, 0) is 176 Å². The average molecular weight is 1460 g/mol. The Morgan fingerprint density at radius 2 is 0.518 bits per heavy atom. The minimum absolute atomic E-state index is 0.691. The lowest BCUT2D eigenvalue weighted by Crippen LogP contribution is -1.96. The Labute approximate surface area is 656 Å². The maximum Gasteiger partial charge on any atom is 0.197 e. The second-order valence-electron chi connectivity index (χ2n) is 30.2. The van der Waals surface area contributed by atoms with Crippen molar-refractivity contribution in [3.8, 4) is 28.8 Å². The Bertz CT molecular complexity index is 8220. The van der Waals surface area contributed by atoms with E-state index in [9.17, 15) is 5.26 Å². The number of aryl methyl sites for hydroxylation is 6. The summed E-state index contributed by atoms with van der Waals surface area (Å²) in [5.74, 6) is 0. The highest BCUT2D eigenvalue weighted by atomic mass is 15.0. The van der Waals surface area contributed by atoms with E-state index in [0.717, 1.165) is 55.0 Å². The number of nitriles is 1. The van der Waals surface area contributed by atoms with Gasteiger partial charge < -0.3 is 36.5 Å². The van der Waals surface area contributed by atoms with Crippen molar-refractivity contribution in [1.29, 1.82) is 5.26 Å². The summed E-state index contributed by atoms with van der Waals surface area (Å²) in [6.07, 6.45) is 0. The molecule has 8 heterocycles. The van der Waals surface area contributed by atoms with Gasteiger partial charge >= 0.3 is 0 Å². The van der Waals surface area contributed by atoms with Crippen LogP contribution in [-0.4, -0.2) is 36.5 Å². The summed E-state index contributed by atoms with van der Waals surface area (Å²) in [6, 6.07) is 123. The minimum atomic E-state index is 0.691. The van der Waals surface area contributed by atoms with Crippen LogP contribution in [0.3, 0.4) is 0 Å². The van der Waals surface area contributed by atoms with E-state index < -0.39 is 0 Å². The van der Waals surface area contributed by atoms with Crippen molar-refractivity contribution in [2.24, 2.45) is 28.2 Å². The molecule has 10 heteroatoms. The molecule has 0 bridgehead atoms. The van der Waals surface area contributed by atoms with Gasteiger partial charge in [-0.1, -0.05) is 194 Å². The lowest BCUT2D eigenvalue weighted by molar-refractivity contribution is 1.01. The van der Waals surface area contributed by atoms with Gasteiger partial charge in [0.05, 0.1) is 50.8 Å². The summed E-state index contributed by atoms with van der Waals surface area (Å²) < 4.78 is 18.3. The standard InChI is InChI=1S/2C26H17N3.2C26H20N2/c1-27-21-10-7-13-25-26(21)19-9-4-6-12-24(19)29(25)17-14-15-23-20(16-17)18-8-3-5-11-22(18)28(23)2;1-28-23-11-4-2-9-20(23)22-15-18(13-14-24(22)28)29-25-12-5-3-8-19(25)21-10-6-7-17(16-27)26(21)29;1-17-11-13-21-19-7-4-6-10-25(19)28(26(21)15-17)18-12-14-24-22(16-18)20-8-3-5-9-23(20)27(24)2;1-17-11-13-26-21(15-17)20-8-4-6-10-25(20)28(26)18-12-14-24-22(16-18)19-7-3-5-9-23(19)27(24)2/h3-16H,2H3;2-15H,1H3;2*3-16H,1-2H3. The molecule has 8 aromatic heterocycles. The maximum absolute atomic E-state index is 9.78. The molecule has 0 amide bonds. The van der Waals surface area contributed by atoms with E-state index in [1.807, 2.05) is 30.3 Å². The lowest BCUT2D eigenvalue weighted by Gasteiger charge is -2.09. The molecule has 0 atom stereocenters. The Hall–Kier alpha value is -15.1. The number of nitrogens with zero attached hydrogens (tertiary/aromatic N) is 10. The van der Waals surface area contributed by atoms with Crippen LogP contribution in [0.5, 0.6) is 0 Å². The number of fused-ring (bicyclic) bond motifs is 24. The predicted molar refractivity (Wildman–Crippen MR) is 480 cm³/mol. The quantitative estimate of drug-likeness (QED) is 0.162. The lowest BCUT2D eigenvalue weighted by atomic mass is 10.1. The second kappa shape index (κ2) is 26.3. The number of hydrogen-bond acceptors (Lipinski definition) is 1. The van der Waals surface area contributed by atoms with Crippen molar-refractivity contribution < 1.29 is 0 Å². The Morgan fingerprint density at radius 1 is 0.237 bits per heavy atom. The minimum Gasteiger partial charge on any atom is -0.344 e. The fourth-order valence-electron chi connectivity index (χ4n) is 18.7. The van der Waals surface area contributed by atoms with Crippen LogP contribution in [0, 0.1) is 31.8 Å². The first-order valence-corrected chi connectivity index (χ1v) is 38.7. The van der Waals surface area contributed by atoms with E-state index in [1.54, 1.807) is 0 Å². The summed E-state index contributed by atoms with van der Waals surface area (Å²) in [7, 11) is 8.52. The first kappa shape index (κ1) is 67.0. The zero-order valence-corrected chi connectivity index (χ0v) is 63.8. The first-order valence-electron chi connectivity index (χ1n) is 38.7. The molecule has 0 aliphatic rings. The number of hydrogen-bond donors (Lipinski definition) is 0. The van der Waals surface area contributed by atoms with Crippen molar-refractivity contribution in [2.45, 2.75) is 13.8 Å². The van der Waals surface area contributed by atoms with Crippen molar-refractivity contribution in [2.75, 3.05) is 0 Å². The summed E-state index contributed by atoms with van der Waals surface area (Å²) in [5, 5.41) is 29.6. The van der Waals surface area contributed by atoms with Gasteiger partial charge in [0.15, 0.2) is 5.69 Å². The van der Waals surface area contributed by atoms with Crippen LogP contribution in [-0.2, 0) is 28.2 Å². The third kappa shape index (κ3) is 10.2. The SMILES string of the molecule is Cc1ccc2c(c1)c1ccccc1n2-c1ccc2c(c1)c1ccccc1n2C.Cc1ccc2c3ccccc3n(-c3ccc4c(c3)c3ccccc3n4C)c2c1.Cn1c2ccccc2c2cc(-n3c4ccccc4c4cccc(C#N)c43)ccc21.[C-]#[N+]c1cccc2c1c1ccccc1n2-c1ccc2c(c1)c1ccccc1n2C. The summed E-state index contributed by atoms with van der Waals surface area (Å²) >= 11 is 0. The molecule has 0 radical (unpaired) electrons. The molecule has 0 saturated carbocycles. The normalized spacial score (nSPS) is 11.8. The number of rotatable bonds is 4. The monoisotopic (exact) mass is 1460 g/mol. The van der Waals surface area contributed by atoms with Gasteiger partial charge in [0, 0.05) is 181 Å². The predicted octanol–water partition coefficient (Wildman–Crippen LogP) is 26.8. The molecule has 114 heavy (non-hydrogen) atoms. The Balaban J connectivity index is 0.0000000955. The summed E-state index contributed by atoms with van der Waals surface area (Å²) in [4.78, 5) is 3.78. The van der Waals surface area contributed by atoms with Gasteiger partial charge in [0.1, 0.15) is 6.07 Å². The van der Waals surface area contributed by atoms with Crippen molar-refractivity contribution in [1.82, 2.24) is 36.5 Å². The first-order chi connectivity index (χ1) is 56.0. The van der Waals surface area contributed by atoms with Gasteiger partial charge in [-0.2, -0.15) is 5.26 Å².